The SMILES string of the molecule is C=C(NOC)c1ccc(-c2cc(F)ccc2OC)c(CCC)c1OC. The predicted octanol–water partition coefficient (Wildman–Crippen LogP) is 4.58. The van der Waals surface area contributed by atoms with Gasteiger partial charge in [0.2, 0.25) is 0 Å². The van der Waals surface area contributed by atoms with E-state index in [1.54, 1.807) is 20.3 Å². The highest BCUT2D eigenvalue weighted by molar-refractivity contribution is 5.80. The average molecular weight is 345 g/mol. The van der Waals surface area contributed by atoms with E-state index in [-0.39, 0.29) is 5.82 Å². The van der Waals surface area contributed by atoms with E-state index in [1.165, 1.54) is 19.2 Å². The molecule has 0 spiro atoms. The molecule has 0 amide bonds. The molecule has 0 saturated heterocycles. The summed E-state index contributed by atoms with van der Waals surface area (Å²) < 4.78 is 24.9. The zero-order valence-electron chi connectivity index (χ0n) is 15.1. The smallest absolute Gasteiger partial charge is 0.132 e. The minimum Gasteiger partial charge on any atom is -0.496 e. The number of nitrogens with one attached hydrogen (secondary N) is 1. The van der Waals surface area contributed by atoms with Gasteiger partial charge < -0.3 is 9.47 Å². The second kappa shape index (κ2) is 8.53. The van der Waals surface area contributed by atoms with E-state index in [4.69, 9.17) is 14.3 Å². The number of hydroxylamine groups is 1. The molecule has 0 heterocycles. The lowest BCUT2D eigenvalue weighted by atomic mass is 9.92. The number of benzene rings is 2. The number of hydrogen-bond donors (Lipinski definition) is 1. The molecule has 0 aliphatic carbocycles. The third kappa shape index (κ3) is 3.94. The van der Waals surface area contributed by atoms with Crippen molar-refractivity contribution in [1.29, 1.82) is 0 Å². The fraction of sp³-hybridized carbons (Fsp3) is 0.300. The molecular weight excluding hydrogens is 321 g/mol. The Kier molecular flexibility index (Phi) is 6.42. The summed E-state index contributed by atoms with van der Waals surface area (Å²) in [7, 11) is 4.72. The quantitative estimate of drug-likeness (QED) is 0.711. The van der Waals surface area contributed by atoms with E-state index in [1.807, 2.05) is 12.1 Å². The minimum atomic E-state index is -0.313. The van der Waals surface area contributed by atoms with Gasteiger partial charge in [0, 0.05) is 16.7 Å². The lowest BCUT2D eigenvalue weighted by Crippen LogP contribution is -2.11. The Morgan fingerprint density at radius 3 is 2.44 bits per heavy atom. The van der Waals surface area contributed by atoms with Gasteiger partial charge in [-0.1, -0.05) is 26.0 Å². The maximum Gasteiger partial charge on any atom is 0.132 e. The Labute approximate surface area is 148 Å². The predicted molar refractivity (Wildman–Crippen MR) is 98.1 cm³/mol. The molecular formula is C20H24FNO3. The highest BCUT2D eigenvalue weighted by Gasteiger charge is 2.19. The fourth-order valence-electron chi connectivity index (χ4n) is 2.92. The van der Waals surface area contributed by atoms with Crippen LogP contribution in [0.4, 0.5) is 4.39 Å². The fourth-order valence-corrected chi connectivity index (χ4v) is 2.92. The molecule has 4 nitrogen and oxygen atoms in total. The molecule has 2 aromatic rings. The summed E-state index contributed by atoms with van der Waals surface area (Å²) >= 11 is 0. The van der Waals surface area contributed by atoms with Crippen LogP contribution in [0.3, 0.4) is 0 Å². The van der Waals surface area contributed by atoms with Gasteiger partial charge in [0.05, 0.1) is 27.0 Å². The molecule has 0 saturated carbocycles. The summed E-state index contributed by atoms with van der Waals surface area (Å²) in [6.45, 7) is 6.06. The van der Waals surface area contributed by atoms with Crippen molar-refractivity contribution < 1.29 is 18.7 Å². The summed E-state index contributed by atoms with van der Waals surface area (Å²) in [4.78, 5) is 4.95. The molecule has 0 aliphatic heterocycles. The molecule has 25 heavy (non-hydrogen) atoms. The first-order valence-corrected chi connectivity index (χ1v) is 8.09. The molecule has 0 bridgehead atoms. The van der Waals surface area contributed by atoms with Crippen molar-refractivity contribution in [3.63, 3.8) is 0 Å². The molecule has 0 fully saturated rings. The van der Waals surface area contributed by atoms with Crippen molar-refractivity contribution in [2.75, 3.05) is 21.3 Å². The molecule has 1 N–H and O–H groups in total. The minimum absolute atomic E-state index is 0.313. The van der Waals surface area contributed by atoms with Gasteiger partial charge in [0.25, 0.3) is 0 Å². The second-order valence-corrected chi connectivity index (χ2v) is 5.55. The number of halogens is 1. The summed E-state index contributed by atoms with van der Waals surface area (Å²) in [5.41, 5.74) is 6.68. The molecule has 0 atom stereocenters. The third-order valence-electron chi connectivity index (χ3n) is 3.97. The Morgan fingerprint density at radius 2 is 1.84 bits per heavy atom. The van der Waals surface area contributed by atoms with Gasteiger partial charge in [-0.25, -0.2) is 4.39 Å². The highest BCUT2D eigenvalue weighted by Crippen LogP contribution is 2.40. The van der Waals surface area contributed by atoms with E-state index in [9.17, 15) is 4.39 Å². The standard InChI is InChI=1S/C20H24FNO3/c1-6-7-17-16(18-12-14(21)8-11-19(18)23-3)10-9-15(20(17)24-4)13(2)22-25-5/h8-12,22H,2,6-7H2,1,3-5H3. The van der Waals surface area contributed by atoms with Crippen LogP contribution in [0, 0.1) is 5.82 Å². The Balaban J connectivity index is 2.71. The first kappa shape index (κ1) is 18.8. The van der Waals surface area contributed by atoms with Crippen LogP contribution in [0.5, 0.6) is 11.5 Å². The van der Waals surface area contributed by atoms with Gasteiger partial charge in [-0.15, -0.1) is 0 Å². The molecule has 0 unspecified atom stereocenters. The molecule has 5 heteroatoms. The second-order valence-electron chi connectivity index (χ2n) is 5.55. The summed E-state index contributed by atoms with van der Waals surface area (Å²) in [6, 6.07) is 8.31. The maximum absolute atomic E-state index is 13.8. The first-order valence-electron chi connectivity index (χ1n) is 8.09. The van der Waals surface area contributed by atoms with Crippen LogP contribution in [-0.2, 0) is 11.3 Å². The van der Waals surface area contributed by atoms with E-state index in [0.717, 1.165) is 29.5 Å². The van der Waals surface area contributed by atoms with E-state index in [2.05, 4.69) is 19.0 Å². The van der Waals surface area contributed by atoms with Crippen molar-refractivity contribution >= 4 is 5.70 Å². The van der Waals surface area contributed by atoms with E-state index < -0.39 is 0 Å². The Bertz CT molecular complexity index is 759. The zero-order valence-corrected chi connectivity index (χ0v) is 15.1. The largest absolute Gasteiger partial charge is 0.496 e. The summed E-state index contributed by atoms with van der Waals surface area (Å²) in [5.74, 6) is 0.995. The number of methoxy groups -OCH3 is 2. The van der Waals surface area contributed by atoms with Gasteiger partial charge in [0.1, 0.15) is 17.3 Å². The van der Waals surface area contributed by atoms with Gasteiger partial charge in [0.15, 0.2) is 0 Å². The van der Waals surface area contributed by atoms with Gasteiger partial charge in [-0.2, -0.15) is 0 Å². The summed E-state index contributed by atoms with van der Waals surface area (Å²) in [5, 5.41) is 0. The van der Waals surface area contributed by atoms with Crippen LogP contribution in [0.2, 0.25) is 0 Å². The van der Waals surface area contributed by atoms with Crippen molar-refractivity contribution in [1.82, 2.24) is 5.48 Å². The lowest BCUT2D eigenvalue weighted by molar-refractivity contribution is 0.136. The van der Waals surface area contributed by atoms with Crippen LogP contribution < -0.4 is 15.0 Å². The number of rotatable bonds is 8. The van der Waals surface area contributed by atoms with Crippen LogP contribution in [0.15, 0.2) is 36.9 Å². The molecule has 134 valence electrons. The van der Waals surface area contributed by atoms with Crippen LogP contribution >= 0.6 is 0 Å². The monoisotopic (exact) mass is 345 g/mol. The van der Waals surface area contributed by atoms with Crippen molar-refractivity contribution in [3.8, 4) is 22.6 Å². The first-order chi connectivity index (χ1) is 12.1. The van der Waals surface area contributed by atoms with Crippen LogP contribution in [0.1, 0.15) is 24.5 Å². The molecule has 0 aromatic heterocycles. The topological polar surface area (TPSA) is 39.7 Å². The Hall–Kier alpha value is -2.53. The molecule has 2 rings (SSSR count). The van der Waals surface area contributed by atoms with E-state index in [0.29, 0.717) is 22.8 Å². The normalized spacial score (nSPS) is 10.4. The maximum atomic E-state index is 13.8. The Morgan fingerprint density at radius 1 is 1.08 bits per heavy atom. The summed E-state index contributed by atoms with van der Waals surface area (Å²) in [6.07, 6.45) is 1.68. The van der Waals surface area contributed by atoms with Gasteiger partial charge in [-0.3, -0.25) is 10.3 Å². The van der Waals surface area contributed by atoms with Crippen molar-refractivity contribution in [3.05, 3.63) is 53.9 Å². The highest BCUT2D eigenvalue weighted by atomic mass is 19.1. The average Bonchev–Trinajstić information content (AvgIpc) is 2.61. The number of hydrogen-bond acceptors (Lipinski definition) is 4. The van der Waals surface area contributed by atoms with Crippen LogP contribution in [0.25, 0.3) is 16.8 Å². The lowest BCUT2D eigenvalue weighted by Gasteiger charge is -2.20. The molecule has 0 aliphatic rings. The van der Waals surface area contributed by atoms with Gasteiger partial charge >= 0.3 is 0 Å². The zero-order chi connectivity index (χ0) is 18.4. The van der Waals surface area contributed by atoms with Gasteiger partial charge in [-0.05, 0) is 36.2 Å². The molecule has 0 radical (unpaired) electrons. The molecule has 2 aromatic carbocycles. The van der Waals surface area contributed by atoms with E-state index >= 15 is 0 Å². The third-order valence-corrected chi connectivity index (χ3v) is 3.97. The van der Waals surface area contributed by atoms with Crippen molar-refractivity contribution in [2.45, 2.75) is 19.8 Å². The van der Waals surface area contributed by atoms with Crippen molar-refractivity contribution in [2.24, 2.45) is 0 Å². The number of ether oxygens (including phenoxy) is 2. The van der Waals surface area contributed by atoms with Crippen LogP contribution in [-0.4, -0.2) is 21.3 Å².